The molecule has 0 unspecified atom stereocenters. The fraction of sp³-hybridized carbons (Fsp3) is 0.611. The molecule has 2 saturated heterocycles. The number of aromatic nitrogens is 3. The van der Waals surface area contributed by atoms with Gasteiger partial charge in [-0.25, -0.2) is 4.98 Å². The van der Waals surface area contributed by atoms with Crippen molar-refractivity contribution in [3.63, 3.8) is 0 Å². The number of aryl methyl sites for hydroxylation is 1. The third-order valence-corrected chi connectivity index (χ3v) is 5.58. The molecular formula is C18H25N5O2. The summed E-state index contributed by atoms with van der Waals surface area (Å²) in [6.07, 6.45) is 2.73. The van der Waals surface area contributed by atoms with Crippen molar-refractivity contribution in [2.45, 2.75) is 26.3 Å². The van der Waals surface area contributed by atoms with Crippen LogP contribution in [0.5, 0.6) is 0 Å². The molecule has 0 saturated carbocycles. The number of nitrogens with one attached hydrogen (secondary N) is 1. The molecule has 0 bridgehead atoms. The summed E-state index contributed by atoms with van der Waals surface area (Å²) in [7, 11) is 0. The highest BCUT2D eigenvalue weighted by molar-refractivity contribution is 5.97. The van der Waals surface area contributed by atoms with E-state index < -0.39 is 0 Å². The number of morpholine rings is 1. The number of aromatic amines is 1. The molecule has 4 heterocycles. The maximum Gasteiger partial charge on any atom is 0.255 e. The number of likely N-dealkylation sites (tertiary alicyclic amines) is 1. The molecule has 0 radical (unpaired) electrons. The van der Waals surface area contributed by atoms with E-state index in [0.717, 1.165) is 56.9 Å². The first-order chi connectivity index (χ1) is 12.2. The van der Waals surface area contributed by atoms with Crippen molar-refractivity contribution in [1.82, 2.24) is 25.0 Å². The van der Waals surface area contributed by atoms with E-state index >= 15 is 0 Å². The molecule has 1 N–H and O–H groups in total. The maximum atomic E-state index is 13.0. The van der Waals surface area contributed by atoms with E-state index in [-0.39, 0.29) is 5.91 Å². The number of nitrogens with zero attached hydrogens (tertiary/aromatic N) is 4. The predicted molar refractivity (Wildman–Crippen MR) is 94.5 cm³/mol. The molecule has 0 spiro atoms. The van der Waals surface area contributed by atoms with Crippen LogP contribution >= 0.6 is 0 Å². The van der Waals surface area contributed by atoms with Crippen molar-refractivity contribution in [2.75, 3.05) is 39.4 Å². The number of carbonyl (C=O) groups excluding carboxylic acids is 1. The summed E-state index contributed by atoms with van der Waals surface area (Å²) in [5, 5.41) is 7.98. The number of pyridine rings is 1. The van der Waals surface area contributed by atoms with Gasteiger partial charge in [0.15, 0.2) is 5.65 Å². The Balaban J connectivity index is 1.53. The highest BCUT2D eigenvalue weighted by Crippen LogP contribution is 2.27. The Morgan fingerprint density at radius 1 is 1.36 bits per heavy atom. The molecule has 2 aromatic heterocycles. The van der Waals surface area contributed by atoms with E-state index in [1.165, 1.54) is 0 Å². The first-order valence-corrected chi connectivity index (χ1v) is 9.09. The lowest BCUT2D eigenvalue weighted by atomic mass is 9.99. The van der Waals surface area contributed by atoms with Crippen LogP contribution in [0.4, 0.5) is 0 Å². The van der Waals surface area contributed by atoms with Crippen LogP contribution in [-0.2, 0) is 4.74 Å². The van der Waals surface area contributed by atoms with E-state index in [0.29, 0.717) is 23.2 Å². The van der Waals surface area contributed by atoms with Crippen LogP contribution in [0, 0.1) is 12.8 Å². The van der Waals surface area contributed by atoms with E-state index in [4.69, 9.17) is 4.74 Å². The van der Waals surface area contributed by atoms with Gasteiger partial charge in [-0.1, -0.05) is 13.3 Å². The fourth-order valence-corrected chi connectivity index (χ4v) is 4.06. The zero-order chi connectivity index (χ0) is 17.4. The van der Waals surface area contributed by atoms with Crippen LogP contribution in [0.3, 0.4) is 0 Å². The Labute approximate surface area is 147 Å². The number of amides is 1. The van der Waals surface area contributed by atoms with Crippen molar-refractivity contribution in [3.05, 3.63) is 23.5 Å². The number of carbonyl (C=O) groups is 1. The zero-order valence-electron chi connectivity index (χ0n) is 14.9. The summed E-state index contributed by atoms with van der Waals surface area (Å²) in [6.45, 7) is 9.29. The average molecular weight is 343 g/mol. The smallest absolute Gasteiger partial charge is 0.255 e. The van der Waals surface area contributed by atoms with Crippen LogP contribution in [0.2, 0.25) is 0 Å². The SMILES string of the molecule is CC[C@@H]1CN(C(=O)c2cnc3n[nH]c(C)c3c2)C[C@H]1N1CCOCC1. The van der Waals surface area contributed by atoms with E-state index in [2.05, 4.69) is 27.0 Å². The van der Waals surface area contributed by atoms with Crippen molar-refractivity contribution in [1.29, 1.82) is 0 Å². The first-order valence-electron chi connectivity index (χ1n) is 9.09. The van der Waals surface area contributed by atoms with Crippen LogP contribution in [-0.4, -0.2) is 76.3 Å². The zero-order valence-corrected chi connectivity index (χ0v) is 14.9. The second kappa shape index (κ2) is 6.72. The Bertz CT molecular complexity index is 768. The topological polar surface area (TPSA) is 74.4 Å². The minimum Gasteiger partial charge on any atom is -0.379 e. The van der Waals surface area contributed by atoms with Gasteiger partial charge in [0.05, 0.1) is 18.8 Å². The summed E-state index contributed by atoms with van der Waals surface area (Å²) in [5.41, 5.74) is 2.25. The summed E-state index contributed by atoms with van der Waals surface area (Å²) in [6, 6.07) is 2.34. The number of rotatable bonds is 3. The minimum atomic E-state index is 0.0733. The van der Waals surface area contributed by atoms with Crippen LogP contribution in [0.1, 0.15) is 29.4 Å². The number of hydrogen-bond donors (Lipinski definition) is 1. The van der Waals surface area contributed by atoms with Crippen molar-refractivity contribution in [2.24, 2.45) is 5.92 Å². The van der Waals surface area contributed by atoms with Gasteiger partial charge < -0.3 is 9.64 Å². The molecule has 7 heteroatoms. The monoisotopic (exact) mass is 343 g/mol. The summed E-state index contributed by atoms with van der Waals surface area (Å²) in [4.78, 5) is 21.8. The maximum absolute atomic E-state index is 13.0. The van der Waals surface area contributed by atoms with Gasteiger partial charge >= 0.3 is 0 Å². The highest BCUT2D eigenvalue weighted by atomic mass is 16.5. The van der Waals surface area contributed by atoms with Gasteiger partial charge in [-0.15, -0.1) is 0 Å². The lowest BCUT2D eigenvalue weighted by Gasteiger charge is -2.34. The molecule has 0 aromatic carbocycles. The van der Waals surface area contributed by atoms with Gasteiger partial charge in [0.2, 0.25) is 0 Å². The van der Waals surface area contributed by atoms with Gasteiger partial charge in [-0.05, 0) is 18.9 Å². The Morgan fingerprint density at radius 2 is 2.16 bits per heavy atom. The fourth-order valence-electron chi connectivity index (χ4n) is 4.06. The molecule has 4 rings (SSSR count). The molecule has 2 atom stereocenters. The number of fused-ring (bicyclic) bond motifs is 1. The predicted octanol–water partition coefficient (Wildman–Crippen LogP) is 1.45. The second-order valence-corrected chi connectivity index (χ2v) is 7.04. The van der Waals surface area contributed by atoms with Crippen LogP contribution < -0.4 is 0 Å². The summed E-state index contributed by atoms with van der Waals surface area (Å²) < 4.78 is 5.48. The normalized spacial score (nSPS) is 25.0. The van der Waals surface area contributed by atoms with Crippen molar-refractivity contribution < 1.29 is 9.53 Å². The van der Waals surface area contributed by atoms with Gasteiger partial charge in [0.1, 0.15) is 0 Å². The molecule has 2 aromatic rings. The number of ether oxygens (including phenoxy) is 1. The van der Waals surface area contributed by atoms with Gasteiger partial charge in [0.25, 0.3) is 5.91 Å². The molecular weight excluding hydrogens is 318 g/mol. The largest absolute Gasteiger partial charge is 0.379 e. The number of H-pyrrole nitrogens is 1. The van der Waals surface area contributed by atoms with E-state index in [9.17, 15) is 4.79 Å². The molecule has 2 aliphatic heterocycles. The molecule has 7 nitrogen and oxygen atoms in total. The van der Waals surface area contributed by atoms with Gasteiger partial charge in [-0.3, -0.25) is 14.8 Å². The Hall–Kier alpha value is -1.99. The van der Waals surface area contributed by atoms with Crippen molar-refractivity contribution in [3.8, 4) is 0 Å². The third-order valence-electron chi connectivity index (χ3n) is 5.58. The molecule has 2 aliphatic rings. The summed E-state index contributed by atoms with van der Waals surface area (Å²) >= 11 is 0. The van der Waals surface area contributed by atoms with Gasteiger partial charge in [0, 0.05) is 49.5 Å². The Kier molecular flexibility index (Phi) is 4.43. The minimum absolute atomic E-state index is 0.0733. The highest BCUT2D eigenvalue weighted by Gasteiger charge is 2.38. The van der Waals surface area contributed by atoms with Gasteiger partial charge in [-0.2, -0.15) is 5.10 Å². The van der Waals surface area contributed by atoms with E-state index in [1.54, 1.807) is 6.20 Å². The van der Waals surface area contributed by atoms with E-state index in [1.807, 2.05) is 17.9 Å². The standard InChI is InChI=1S/C18H25N5O2/c1-3-13-10-23(11-16(13)22-4-6-25-7-5-22)18(24)14-8-15-12(2)20-21-17(15)19-9-14/h8-9,13,16H,3-7,10-11H2,1-2H3,(H,19,20,21)/t13-,16-/m1/s1. The van der Waals surface area contributed by atoms with Crippen LogP contribution in [0.25, 0.3) is 11.0 Å². The average Bonchev–Trinajstić information content (AvgIpc) is 3.25. The first kappa shape index (κ1) is 16.5. The lowest BCUT2D eigenvalue weighted by Crippen LogP contribution is -2.47. The van der Waals surface area contributed by atoms with Crippen LogP contribution in [0.15, 0.2) is 12.3 Å². The Morgan fingerprint density at radius 3 is 2.92 bits per heavy atom. The number of hydrogen-bond acceptors (Lipinski definition) is 5. The lowest BCUT2D eigenvalue weighted by molar-refractivity contribution is 0.0103. The quantitative estimate of drug-likeness (QED) is 0.913. The molecule has 25 heavy (non-hydrogen) atoms. The molecule has 1 amide bonds. The third kappa shape index (κ3) is 3.02. The second-order valence-electron chi connectivity index (χ2n) is 7.04. The molecule has 134 valence electrons. The summed E-state index contributed by atoms with van der Waals surface area (Å²) in [5.74, 6) is 0.596. The molecule has 0 aliphatic carbocycles. The molecule has 2 fully saturated rings. The van der Waals surface area contributed by atoms with Crippen molar-refractivity contribution >= 4 is 16.9 Å².